The van der Waals surface area contributed by atoms with Crippen LogP contribution in [-0.4, -0.2) is 20.7 Å². The fourth-order valence-electron chi connectivity index (χ4n) is 2.22. The molecule has 0 aromatic heterocycles. The number of esters is 1. The van der Waals surface area contributed by atoms with Crippen molar-refractivity contribution >= 4 is 14.0 Å². The fourth-order valence-corrected chi connectivity index (χ4v) is 2.94. The van der Waals surface area contributed by atoms with E-state index in [1.165, 1.54) is 0 Å². The van der Waals surface area contributed by atoms with E-state index in [-0.39, 0.29) is 5.97 Å². The van der Waals surface area contributed by atoms with Gasteiger partial charge in [0.15, 0.2) is 0 Å². The van der Waals surface area contributed by atoms with Crippen molar-refractivity contribution in [2.75, 3.05) is 6.61 Å². The third-order valence-corrected chi connectivity index (χ3v) is 5.27. The molecule has 0 saturated heterocycles. The maximum Gasteiger partial charge on any atom is 0.338 e. The van der Waals surface area contributed by atoms with E-state index in [0.29, 0.717) is 12.2 Å². The zero-order chi connectivity index (χ0) is 16.2. The van der Waals surface area contributed by atoms with Crippen molar-refractivity contribution in [1.82, 2.24) is 0 Å². The summed E-state index contributed by atoms with van der Waals surface area (Å²) < 4.78 is 5.52. The number of ether oxygens (including phenoxy) is 1. The maximum atomic E-state index is 12.5. The number of benzene rings is 2. The van der Waals surface area contributed by atoms with E-state index in [1.54, 1.807) is 0 Å². The molecule has 0 radical (unpaired) electrons. The highest BCUT2D eigenvalue weighted by molar-refractivity contribution is 6.76. The maximum absolute atomic E-state index is 12.5. The van der Waals surface area contributed by atoms with E-state index in [2.05, 4.69) is 19.6 Å². The topological polar surface area (TPSA) is 26.3 Å². The lowest BCUT2D eigenvalue weighted by molar-refractivity contribution is 0.0526. The number of hydrogen-bond donors (Lipinski definition) is 0. The van der Waals surface area contributed by atoms with Gasteiger partial charge in [0.2, 0.25) is 0 Å². The molecular formula is C19H24O2Si. The van der Waals surface area contributed by atoms with E-state index in [4.69, 9.17) is 4.74 Å². The molecule has 3 heteroatoms. The summed E-state index contributed by atoms with van der Waals surface area (Å²) >= 11 is 0. The average Bonchev–Trinajstić information content (AvgIpc) is 2.46. The zero-order valence-corrected chi connectivity index (χ0v) is 14.8. The quantitative estimate of drug-likeness (QED) is 0.563. The monoisotopic (exact) mass is 312 g/mol. The molecule has 0 unspecified atom stereocenters. The van der Waals surface area contributed by atoms with Gasteiger partial charge in [-0.2, -0.15) is 0 Å². The van der Waals surface area contributed by atoms with Crippen molar-refractivity contribution in [3.63, 3.8) is 0 Å². The van der Waals surface area contributed by atoms with Crippen LogP contribution < -0.4 is 0 Å². The Kier molecular flexibility index (Phi) is 5.19. The summed E-state index contributed by atoms with van der Waals surface area (Å²) in [6.45, 7) is 9.35. The Morgan fingerprint density at radius 1 is 1.05 bits per heavy atom. The highest BCUT2D eigenvalue weighted by atomic mass is 28.3. The van der Waals surface area contributed by atoms with Gasteiger partial charge in [-0.1, -0.05) is 67.7 Å². The zero-order valence-electron chi connectivity index (χ0n) is 13.8. The standard InChI is InChI=1S/C19H24O2Si/c1-15-10-11-17(16-8-6-5-7-9-16)18(14-15)19(20)21-12-13-22(2,3)4/h5-11,14H,12-13H2,1-4H3. The molecule has 0 aliphatic carbocycles. The van der Waals surface area contributed by atoms with Crippen LogP contribution in [0.2, 0.25) is 25.7 Å². The van der Waals surface area contributed by atoms with Crippen LogP contribution in [0.15, 0.2) is 48.5 Å². The molecule has 0 spiro atoms. The Labute approximate surface area is 134 Å². The molecule has 0 aliphatic rings. The molecule has 2 rings (SSSR count). The van der Waals surface area contributed by atoms with Crippen LogP contribution >= 0.6 is 0 Å². The third-order valence-electron chi connectivity index (χ3n) is 3.56. The molecule has 0 saturated carbocycles. The molecular weight excluding hydrogens is 288 g/mol. The second-order valence-electron chi connectivity index (χ2n) is 6.86. The van der Waals surface area contributed by atoms with Crippen LogP contribution in [0.3, 0.4) is 0 Å². The summed E-state index contributed by atoms with van der Waals surface area (Å²) in [5.74, 6) is -0.221. The van der Waals surface area contributed by atoms with Crippen LogP contribution in [0.5, 0.6) is 0 Å². The Bertz CT molecular complexity index is 642. The largest absolute Gasteiger partial charge is 0.462 e. The molecule has 0 aliphatic heterocycles. The Morgan fingerprint density at radius 3 is 2.36 bits per heavy atom. The smallest absolute Gasteiger partial charge is 0.338 e. The van der Waals surface area contributed by atoms with Gasteiger partial charge in [0, 0.05) is 8.07 Å². The summed E-state index contributed by atoms with van der Waals surface area (Å²) in [5, 5.41) is 0. The van der Waals surface area contributed by atoms with E-state index in [0.717, 1.165) is 22.7 Å². The lowest BCUT2D eigenvalue weighted by Crippen LogP contribution is -2.22. The second kappa shape index (κ2) is 6.92. The van der Waals surface area contributed by atoms with Crippen molar-refractivity contribution in [3.8, 4) is 11.1 Å². The van der Waals surface area contributed by atoms with Gasteiger partial charge in [0.25, 0.3) is 0 Å². The van der Waals surface area contributed by atoms with Crippen molar-refractivity contribution in [2.24, 2.45) is 0 Å². The summed E-state index contributed by atoms with van der Waals surface area (Å²) in [6, 6.07) is 16.9. The van der Waals surface area contributed by atoms with Gasteiger partial charge in [0.05, 0.1) is 12.2 Å². The first-order valence-electron chi connectivity index (χ1n) is 7.70. The Morgan fingerprint density at radius 2 is 1.73 bits per heavy atom. The molecule has 22 heavy (non-hydrogen) atoms. The minimum atomic E-state index is -1.19. The first-order chi connectivity index (χ1) is 10.4. The van der Waals surface area contributed by atoms with Gasteiger partial charge in [-0.3, -0.25) is 0 Å². The summed E-state index contributed by atoms with van der Waals surface area (Å²) in [6.07, 6.45) is 0. The average molecular weight is 312 g/mol. The Hall–Kier alpha value is -1.87. The van der Waals surface area contributed by atoms with E-state index >= 15 is 0 Å². The molecule has 0 N–H and O–H groups in total. The SMILES string of the molecule is Cc1ccc(-c2ccccc2)c(C(=O)OCC[Si](C)(C)C)c1. The molecule has 0 fully saturated rings. The number of carbonyl (C=O) groups excluding carboxylic acids is 1. The van der Waals surface area contributed by atoms with Crippen LogP contribution in [0.25, 0.3) is 11.1 Å². The fraction of sp³-hybridized carbons (Fsp3) is 0.316. The number of aryl methyl sites for hydroxylation is 1. The minimum absolute atomic E-state index is 0.221. The molecule has 116 valence electrons. The van der Waals surface area contributed by atoms with Gasteiger partial charge < -0.3 is 4.74 Å². The number of rotatable bonds is 5. The number of hydrogen-bond acceptors (Lipinski definition) is 2. The predicted molar refractivity (Wildman–Crippen MR) is 95.1 cm³/mol. The summed E-state index contributed by atoms with van der Waals surface area (Å²) in [7, 11) is -1.19. The van der Waals surface area contributed by atoms with Gasteiger partial charge in [-0.05, 0) is 30.2 Å². The van der Waals surface area contributed by atoms with Crippen LogP contribution in [-0.2, 0) is 4.74 Å². The highest BCUT2D eigenvalue weighted by Crippen LogP contribution is 2.25. The normalized spacial score (nSPS) is 11.3. The first kappa shape index (κ1) is 16.5. The van der Waals surface area contributed by atoms with Crippen LogP contribution in [0, 0.1) is 6.92 Å². The van der Waals surface area contributed by atoms with Gasteiger partial charge in [-0.25, -0.2) is 4.79 Å². The molecule has 0 amide bonds. The van der Waals surface area contributed by atoms with Crippen molar-refractivity contribution in [3.05, 3.63) is 59.7 Å². The third kappa shape index (κ3) is 4.57. The predicted octanol–water partition coefficient (Wildman–Crippen LogP) is 5.16. The van der Waals surface area contributed by atoms with Crippen LogP contribution in [0.1, 0.15) is 15.9 Å². The van der Waals surface area contributed by atoms with Gasteiger partial charge >= 0.3 is 5.97 Å². The number of carbonyl (C=O) groups is 1. The van der Waals surface area contributed by atoms with Crippen molar-refractivity contribution in [1.29, 1.82) is 0 Å². The molecule has 0 bridgehead atoms. The van der Waals surface area contributed by atoms with E-state index < -0.39 is 8.07 Å². The molecule has 2 aromatic rings. The first-order valence-corrected chi connectivity index (χ1v) is 11.4. The lowest BCUT2D eigenvalue weighted by Gasteiger charge is -2.16. The molecule has 0 heterocycles. The summed E-state index contributed by atoms with van der Waals surface area (Å²) in [5.41, 5.74) is 3.70. The van der Waals surface area contributed by atoms with E-state index in [9.17, 15) is 4.79 Å². The molecule has 2 nitrogen and oxygen atoms in total. The molecule has 2 aromatic carbocycles. The van der Waals surface area contributed by atoms with Crippen LogP contribution in [0.4, 0.5) is 0 Å². The van der Waals surface area contributed by atoms with Gasteiger partial charge in [0.1, 0.15) is 0 Å². The van der Waals surface area contributed by atoms with Crippen molar-refractivity contribution < 1.29 is 9.53 Å². The molecule has 0 atom stereocenters. The summed E-state index contributed by atoms with van der Waals surface area (Å²) in [4.78, 5) is 12.5. The Balaban J connectivity index is 2.22. The minimum Gasteiger partial charge on any atom is -0.462 e. The van der Waals surface area contributed by atoms with Gasteiger partial charge in [-0.15, -0.1) is 0 Å². The lowest BCUT2D eigenvalue weighted by atomic mass is 9.98. The van der Waals surface area contributed by atoms with Crippen molar-refractivity contribution in [2.45, 2.75) is 32.6 Å². The second-order valence-corrected chi connectivity index (χ2v) is 12.5. The highest BCUT2D eigenvalue weighted by Gasteiger charge is 2.17. The van der Waals surface area contributed by atoms with E-state index in [1.807, 2.05) is 55.5 Å².